The van der Waals surface area contributed by atoms with E-state index < -0.39 is 45.7 Å². The lowest BCUT2D eigenvalue weighted by Crippen LogP contribution is -2.53. The molecular weight excluding hydrogens is 457 g/mol. The quantitative estimate of drug-likeness (QED) is 0.663. The molecule has 0 radical (unpaired) electrons. The van der Waals surface area contributed by atoms with Gasteiger partial charge in [-0.1, -0.05) is 54.6 Å². The number of carbonyl (C=O) groups is 1. The van der Waals surface area contributed by atoms with Crippen LogP contribution in [0.4, 0.5) is 13.2 Å². The van der Waals surface area contributed by atoms with Crippen molar-refractivity contribution in [1.82, 2.24) is 9.62 Å². The number of hydrogen-bond donors (Lipinski definition) is 2. The molecule has 1 aliphatic heterocycles. The molecule has 33 heavy (non-hydrogen) atoms. The molecule has 1 unspecified atom stereocenters. The van der Waals surface area contributed by atoms with Gasteiger partial charge in [-0.05, 0) is 36.0 Å². The number of alkyl halides is 3. The van der Waals surface area contributed by atoms with Gasteiger partial charge in [-0.25, -0.2) is 13.1 Å². The number of aliphatic hydroxyl groups excluding tert-OH is 1. The number of amides is 1. The highest BCUT2D eigenvalue weighted by molar-refractivity contribution is 7.88. The van der Waals surface area contributed by atoms with Crippen LogP contribution in [0.3, 0.4) is 0 Å². The largest absolute Gasteiger partial charge is 0.423 e. The first-order chi connectivity index (χ1) is 15.4. The van der Waals surface area contributed by atoms with Crippen molar-refractivity contribution in [2.45, 2.75) is 43.6 Å². The summed E-state index contributed by atoms with van der Waals surface area (Å²) in [7, 11) is -3.69. The molecule has 0 bridgehead atoms. The molecule has 6 nitrogen and oxygen atoms in total. The summed E-state index contributed by atoms with van der Waals surface area (Å²) in [6, 6.07) is 15.3. The molecule has 2 aromatic rings. The van der Waals surface area contributed by atoms with E-state index in [1.807, 2.05) is 48.5 Å². The van der Waals surface area contributed by atoms with Crippen LogP contribution in [0.5, 0.6) is 0 Å². The maximum atomic E-state index is 13.1. The van der Waals surface area contributed by atoms with Crippen molar-refractivity contribution in [3.63, 3.8) is 0 Å². The third kappa shape index (κ3) is 5.07. The Hall–Kier alpha value is -2.43. The van der Waals surface area contributed by atoms with Crippen LogP contribution < -0.4 is 4.72 Å². The van der Waals surface area contributed by atoms with Crippen LogP contribution in [-0.2, 0) is 21.2 Å². The molecule has 2 aliphatic rings. The fraction of sp³-hybridized carbons (Fsp3) is 0.435. The Morgan fingerprint density at radius 2 is 1.79 bits per heavy atom. The molecule has 2 aromatic carbocycles. The molecule has 1 heterocycles. The Bertz CT molecular complexity index is 1130. The molecular formula is C23H25F3N2O4S. The standard InChI is InChI=1S/C23H25F3N2O4S/c1-33(31,32)27-19-18(13-15-6-5-9-17(12-15)16-7-3-2-4-8-16)28(14-22(19)10-11-22)21(30)20(29)23(24,25)26/h2-9,12,18-20,27,29H,10-11,13-14H2,1H3/t18-,19+,20?/m0/s1. The minimum absolute atomic E-state index is 0.0325. The highest BCUT2D eigenvalue weighted by atomic mass is 32.2. The highest BCUT2D eigenvalue weighted by Crippen LogP contribution is 2.55. The van der Waals surface area contributed by atoms with Gasteiger partial charge in [0, 0.05) is 18.0 Å². The number of likely N-dealkylation sites (tertiary alicyclic amines) is 1. The maximum absolute atomic E-state index is 13.1. The summed E-state index contributed by atoms with van der Waals surface area (Å²) < 4.78 is 66.0. The lowest BCUT2D eigenvalue weighted by Gasteiger charge is -2.31. The summed E-state index contributed by atoms with van der Waals surface area (Å²) in [6.07, 6.45) is -5.94. The Balaban J connectivity index is 1.69. The number of sulfonamides is 1. The van der Waals surface area contributed by atoms with Gasteiger partial charge in [-0.2, -0.15) is 13.2 Å². The zero-order chi connectivity index (χ0) is 24.0. The third-order valence-corrected chi connectivity index (χ3v) is 7.15. The Morgan fingerprint density at radius 3 is 2.36 bits per heavy atom. The molecule has 0 aromatic heterocycles. The van der Waals surface area contributed by atoms with Crippen LogP contribution >= 0.6 is 0 Å². The van der Waals surface area contributed by atoms with E-state index in [4.69, 9.17) is 0 Å². The second-order valence-corrected chi connectivity index (χ2v) is 10.8. The van der Waals surface area contributed by atoms with Crippen LogP contribution in [-0.4, -0.2) is 61.5 Å². The predicted molar refractivity (Wildman–Crippen MR) is 117 cm³/mol. The molecule has 10 heteroatoms. The van der Waals surface area contributed by atoms with E-state index in [0.29, 0.717) is 12.8 Å². The van der Waals surface area contributed by atoms with Crippen molar-refractivity contribution >= 4 is 15.9 Å². The summed E-state index contributed by atoms with van der Waals surface area (Å²) in [5, 5.41) is 9.65. The van der Waals surface area contributed by atoms with Crippen molar-refractivity contribution in [3.05, 3.63) is 60.2 Å². The number of hydrogen-bond acceptors (Lipinski definition) is 4. The lowest BCUT2D eigenvalue weighted by atomic mass is 9.91. The SMILES string of the molecule is CS(=O)(=O)N[C@@H]1[C@H](Cc2cccc(-c3ccccc3)c2)N(C(=O)C(O)C(F)(F)F)CC12CC2. The van der Waals surface area contributed by atoms with Crippen molar-refractivity contribution in [1.29, 1.82) is 0 Å². The van der Waals surface area contributed by atoms with Gasteiger partial charge in [-0.3, -0.25) is 4.79 Å². The molecule has 3 atom stereocenters. The average Bonchev–Trinajstić information content (AvgIpc) is 3.48. The molecule has 1 saturated carbocycles. The molecule has 1 aliphatic carbocycles. The molecule has 2 fully saturated rings. The van der Waals surface area contributed by atoms with E-state index in [1.165, 1.54) is 0 Å². The van der Waals surface area contributed by atoms with Crippen LogP contribution in [0, 0.1) is 5.41 Å². The average molecular weight is 483 g/mol. The smallest absolute Gasteiger partial charge is 0.376 e. The number of nitrogens with one attached hydrogen (secondary N) is 1. The molecule has 1 amide bonds. The van der Waals surface area contributed by atoms with E-state index in [1.54, 1.807) is 6.07 Å². The zero-order valence-corrected chi connectivity index (χ0v) is 18.7. The summed E-state index contributed by atoms with van der Waals surface area (Å²) in [4.78, 5) is 13.7. The van der Waals surface area contributed by atoms with Crippen LogP contribution in [0.15, 0.2) is 54.6 Å². The number of nitrogens with zero attached hydrogens (tertiary/aromatic N) is 1. The van der Waals surface area contributed by atoms with Gasteiger partial charge in [0.2, 0.25) is 16.1 Å². The van der Waals surface area contributed by atoms with Crippen LogP contribution in [0.25, 0.3) is 11.1 Å². The van der Waals surface area contributed by atoms with Gasteiger partial charge < -0.3 is 10.0 Å². The van der Waals surface area contributed by atoms with Gasteiger partial charge >= 0.3 is 6.18 Å². The molecule has 1 spiro atoms. The Labute approximate surface area is 190 Å². The van der Waals surface area contributed by atoms with E-state index in [0.717, 1.165) is 27.8 Å². The summed E-state index contributed by atoms with van der Waals surface area (Å²) >= 11 is 0. The lowest BCUT2D eigenvalue weighted by molar-refractivity contribution is -0.211. The minimum Gasteiger partial charge on any atom is -0.376 e. The van der Waals surface area contributed by atoms with E-state index in [-0.39, 0.29) is 13.0 Å². The van der Waals surface area contributed by atoms with Gasteiger partial charge in [-0.15, -0.1) is 0 Å². The first-order valence-corrected chi connectivity index (χ1v) is 12.5. The second-order valence-electron chi connectivity index (χ2n) is 8.98. The van der Waals surface area contributed by atoms with Crippen LogP contribution in [0.1, 0.15) is 18.4 Å². The number of benzene rings is 2. The van der Waals surface area contributed by atoms with Gasteiger partial charge in [0.15, 0.2) is 0 Å². The van der Waals surface area contributed by atoms with Crippen molar-refractivity contribution in [3.8, 4) is 11.1 Å². The van der Waals surface area contributed by atoms with Gasteiger partial charge in [0.1, 0.15) is 0 Å². The normalized spacial score (nSPS) is 23.0. The summed E-state index contributed by atoms with van der Waals surface area (Å²) in [5.74, 6) is -1.45. The number of rotatable bonds is 6. The van der Waals surface area contributed by atoms with E-state index in [2.05, 4.69) is 4.72 Å². The first-order valence-electron chi connectivity index (χ1n) is 10.6. The maximum Gasteiger partial charge on any atom is 0.423 e. The molecule has 1 saturated heterocycles. The monoisotopic (exact) mass is 482 g/mol. The Morgan fingerprint density at radius 1 is 1.15 bits per heavy atom. The molecule has 4 rings (SSSR count). The predicted octanol–water partition coefficient (Wildman–Crippen LogP) is 2.73. The highest BCUT2D eigenvalue weighted by Gasteiger charge is 2.62. The topological polar surface area (TPSA) is 86.7 Å². The molecule has 178 valence electrons. The van der Waals surface area contributed by atoms with E-state index in [9.17, 15) is 31.5 Å². The summed E-state index contributed by atoms with van der Waals surface area (Å²) in [5.41, 5.74) is 1.98. The second kappa shape index (κ2) is 8.41. The number of halogens is 3. The van der Waals surface area contributed by atoms with Gasteiger partial charge in [0.25, 0.3) is 5.91 Å². The zero-order valence-electron chi connectivity index (χ0n) is 17.9. The number of carbonyl (C=O) groups excluding carboxylic acids is 1. The minimum atomic E-state index is -5.10. The Kier molecular flexibility index (Phi) is 6.05. The number of aliphatic hydroxyl groups is 1. The molecule has 2 N–H and O–H groups in total. The fourth-order valence-electron chi connectivity index (χ4n) is 4.72. The van der Waals surface area contributed by atoms with E-state index >= 15 is 0 Å². The van der Waals surface area contributed by atoms with Crippen LogP contribution in [0.2, 0.25) is 0 Å². The van der Waals surface area contributed by atoms with Gasteiger partial charge in [0.05, 0.1) is 12.3 Å². The first kappa shape index (κ1) is 23.7. The summed E-state index contributed by atoms with van der Waals surface area (Å²) in [6.45, 7) is -0.0325. The van der Waals surface area contributed by atoms with Crippen molar-refractivity contribution in [2.75, 3.05) is 12.8 Å². The van der Waals surface area contributed by atoms with Crippen molar-refractivity contribution in [2.24, 2.45) is 5.41 Å². The fourth-order valence-corrected chi connectivity index (χ4v) is 5.59. The third-order valence-electron chi connectivity index (χ3n) is 6.47. The van der Waals surface area contributed by atoms with Crippen molar-refractivity contribution < 1.29 is 31.5 Å².